The van der Waals surface area contributed by atoms with Gasteiger partial charge in [0, 0.05) is 11.9 Å². The van der Waals surface area contributed by atoms with Gasteiger partial charge >= 0.3 is 0 Å². The van der Waals surface area contributed by atoms with Crippen LogP contribution < -0.4 is 5.32 Å². The topological polar surface area (TPSA) is 55.1 Å². The molecule has 0 saturated heterocycles. The molecule has 1 aromatic rings. The SMILES string of the molecule is Cc1ncoc1C(=O)NCC(C)CBr. The van der Waals surface area contributed by atoms with E-state index in [-0.39, 0.29) is 5.91 Å². The standard InChI is InChI=1S/C9H13BrN2O2/c1-6(3-10)4-11-9(13)8-7(2)12-5-14-8/h5-6H,3-4H2,1-2H3,(H,11,13). The van der Waals surface area contributed by atoms with Crippen LogP contribution in [-0.4, -0.2) is 22.8 Å². The minimum atomic E-state index is -0.201. The van der Waals surface area contributed by atoms with Crippen LogP contribution in [0.4, 0.5) is 0 Å². The average Bonchev–Trinajstić information content (AvgIpc) is 2.60. The summed E-state index contributed by atoms with van der Waals surface area (Å²) in [5.41, 5.74) is 0.619. The van der Waals surface area contributed by atoms with Crippen LogP contribution in [0.2, 0.25) is 0 Å². The highest BCUT2D eigenvalue weighted by molar-refractivity contribution is 9.09. The monoisotopic (exact) mass is 260 g/mol. The number of aryl methyl sites for hydroxylation is 1. The lowest BCUT2D eigenvalue weighted by Gasteiger charge is -2.07. The van der Waals surface area contributed by atoms with Gasteiger partial charge in [0.05, 0.1) is 5.69 Å². The number of hydrogen-bond acceptors (Lipinski definition) is 3. The Kier molecular flexibility index (Phi) is 4.13. The number of rotatable bonds is 4. The third kappa shape index (κ3) is 2.83. The summed E-state index contributed by atoms with van der Waals surface area (Å²) in [4.78, 5) is 15.3. The van der Waals surface area contributed by atoms with Gasteiger partial charge in [0.25, 0.3) is 5.91 Å². The molecule has 14 heavy (non-hydrogen) atoms. The molecular formula is C9H13BrN2O2. The molecule has 1 atom stereocenters. The van der Waals surface area contributed by atoms with Gasteiger partial charge in [0.15, 0.2) is 6.39 Å². The Morgan fingerprint density at radius 3 is 3.00 bits per heavy atom. The Balaban J connectivity index is 2.47. The molecule has 0 spiro atoms. The minimum absolute atomic E-state index is 0.201. The lowest BCUT2D eigenvalue weighted by molar-refractivity contribution is 0.0920. The summed E-state index contributed by atoms with van der Waals surface area (Å²) in [7, 11) is 0. The van der Waals surface area contributed by atoms with Crippen molar-refractivity contribution in [1.29, 1.82) is 0 Å². The fourth-order valence-corrected chi connectivity index (χ4v) is 1.15. The first-order valence-corrected chi connectivity index (χ1v) is 5.51. The van der Waals surface area contributed by atoms with E-state index in [2.05, 4.69) is 26.2 Å². The number of alkyl halides is 1. The molecule has 0 aromatic carbocycles. The van der Waals surface area contributed by atoms with Gasteiger partial charge in [-0.05, 0) is 12.8 Å². The van der Waals surface area contributed by atoms with Crippen molar-refractivity contribution < 1.29 is 9.21 Å². The molecular weight excluding hydrogens is 248 g/mol. The Morgan fingerprint density at radius 2 is 2.50 bits per heavy atom. The van der Waals surface area contributed by atoms with Crippen molar-refractivity contribution in [3.05, 3.63) is 17.8 Å². The number of halogens is 1. The molecule has 0 aliphatic rings. The third-order valence-electron chi connectivity index (χ3n) is 1.83. The van der Waals surface area contributed by atoms with Gasteiger partial charge in [-0.2, -0.15) is 0 Å². The molecule has 1 unspecified atom stereocenters. The van der Waals surface area contributed by atoms with Gasteiger partial charge in [-0.25, -0.2) is 4.98 Å². The van der Waals surface area contributed by atoms with Crippen LogP contribution in [0, 0.1) is 12.8 Å². The molecule has 78 valence electrons. The van der Waals surface area contributed by atoms with Gasteiger partial charge in [-0.1, -0.05) is 22.9 Å². The molecule has 0 radical (unpaired) electrons. The lowest BCUT2D eigenvalue weighted by Crippen LogP contribution is -2.28. The van der Waals surface area contributed by atoms with Gasteiger partial charge in [0.1, 0.15) is 0 Å². The summed E-state index contributed by atoms with van der Waals surface area (Å²) in [5, 5.41) is 3.64. The number of hydrogen-bond donors (Lipinski definition) is 1. The molecule has 5 heteroatoms. The maximum atomic E-state index is 11.5. The fourth-order valence-electron chi connectivity index (χ4n) is 0.922. The molecule has 0 saturated carbocycles. The smallest absolute Gasteiger partial charge is 0.289 e. The van der Waals surface area contributed by atoms with Crippen LogP contribution in [0.3, 0.4) is 0 Å². The molecule has 0 fully saturated rings. The quantitative estimate of drug-likeness (QED) is 0.840. The molecule has 1 amide bonds. The molecule has 1 rings (SSSR count). The van der Waals surface area contributed by atoms with E-state index < -0.39 is 0 Å². The number of oxazole rings is 1. The van der Waals surface area contributed by atoms with Crippen LogP contribution >= 0.6 is 15.9 Å². The van der Waals surface area contributed by atoms with Gasteiger partial charge in [0.2, 0.25) is 5.76 Å². The van der Waals surface area contributed by atoms with E-state index in [9.17, 15) is 4.79 Å². The van der Waals surface area contributed by atoms with Crippen LogP contribution in [0.1, 0.15) is 23.2 Å². The summed E-state index contributed by atoms with van der Waals surface area (Å²) < 4.78 is 4.96. The summed E-state index contributed by atoms with van der Waals surface area (Å²) in [5.74, 6) is 0.502. The molecule has 1 heterocycles. The summed E-state index contributed by atoms with van der Waals surface area (Å²) >= 11 is 3.34. The number of aromatic nitrogens is 1. The fraction of sp³-hybridized carbons (Fsp3) is 0.556. The second-order valence-electron chi connectivity index (χ2n) is 3.24. The molecule has 1 aromatic heterocycles. The van der Waals surface area contributed by atoms with Crippen LogP contribution in [0.25, 0.3) is 0 Å². The van der Waals surface area contributed by atoms with Crippen molar-refractivity contribution >= 4 is 21.8 Å². The van der Waals surface area contributed by atoms with Gasteiger partial charge in [-0.15, -0.1) is 0 Å². The van der Waals surface area contributed by atoms with Crippen LogP contribution in [0.5, 0.6) is 0 Å². The Labute approximate surface area is 91.2 Å². The van der Waals surface area contributed by atoms with Crippen molar-refractivity contribution in [3.8, 4) is 0 Å². The molecule has 0 aliphatic heterocycles. The Bertz CT molecular complexity index is 312. The molecule has 1 N–H and O–H groups in total. The predicted octanol–water partition coefficient (Wildman–Crippen LogP) is 1.74. The highest BCUT2D eigenvalue weighted by atomic mass is 79.9. The second-order valence-corrected chi connectivity index (χ2v) is 3.88. The average molecular weight is 261 g/mol. The molecule has 0 bridgehead atoms. The zero-order chi connectivity index (χ0) is 10.6. The first-order valence-electron chi connectivity index (χ1n) is 4.39. The maximum Gasteiger partial charge on any atom is 0.289 e. The number of carbonyl (C=O) groups is 1. The minimum Gasteiger partial charge on any atom is -0.438 e. The molecule has 0 aliphatic carbocycles. The summed E-state index contributed by atoms with van der Waals surface area (Å²) in [6, 6.07) is 0. The maximum absolute atomic E-state index is 11.5. The van der Waals surface area contributed by atoms with Gasteiger partial charge in [-0.3, -0.25) is 4.79 Å². The van der Waals surface area contributed by atoms with Crippen LogP contribution in [-0.2, 0) is 0 Å². The lowest BCUT2D eigenvalue weighted by atomic mass is 10.2. The second kappa shape index (κ2) is 5.14. The van der Waals surface area contributed by atoms with Crippen molar-refractivity contribution in [2.24, 2.45) is 5.92 Å². The predicted molar refractivity (Wildman–Crippen MR) is 56.5 cm³/mol. The van der Waals surface area contributed by atoms with E-state index in [1.165, 1.54) is 6.39 Å². The first-order chi connectivity index (χ1) is 6.65. The zero-order valence-electron chi connectivity index (χ0n) is 8.21. The third-order valence-corrected chi connectivity index (χ3v) is 2.93. The van der Waals surface area contributed by atoms with Crippen molar-refractivity contribution in [1.82, 2.24) is 10.3 Å². The Hall–Kier alpha value is -0.840. The van der Waals surface area contributed by atoms with E-state index in [1.54, 1.807) is 6.92 Å². The summed E-state index contributed by atoms with van der Waals surface area (Å²) in [6.45, 7) is 4.42. The summed E-state index contributed by atoms with van der Waals surface area (Å²) in [6.07, 6.45) is 1.28. The van der Waals surface area contributed by atoms with Gasteiger partial charge < -0.3 is 9.73 Å². The molecule has 4 nitrogen and oxygen atoms in total. The van der Waals surface area contributed by atoms with Crippen LogP contribution in [0.15, 0.2) is 10.8 Å². The van der Waals surface area contributed by atoms with E-state index in [1.807, 2.05) is 6.92 Å². The van der Waals surface area contributed by atoms with Crippen molar-refractivity contribution in [2.75, 3.05) is 11.9 Å². The van der Waals surface area contributed by atoms with E-state index in [0.717, 1.165) is 5.33 Å². The number of amides is 1. The largest absolute Gasteiger partial charge is 0.438 e. The van der Waals surface area contributed by atoms with E-state index in [0.29, 0.717) is 23.9 Å². The zero-order valence-corrected chi connectivity index (χ0v) is 9.80. The number of carbonyl (C=O) groups excluding carboxylic acids is 1. The van der Waals surface area contributed by atoms with Crippen molar-refractivity contribution in [2.45, 2.75) is 13.8 Å². The van der Waals surface area contributed by atoms with E-state index in [4.69, 9.17) is 4.42 Å². The van der Waals surface area contributed by atoms with E-state index >= 15 is 0 Å². The first kappa shape index (κ1) is 11.2. The Morgan fingerprint density at radius 1 is 1.79 bits per heavy atom. The highest BCUT2D eigenvalue weighted by Gasteiger charge is 2.13. The number of nitrogens with one attached hydrogen (secondary N) is 1. The normalized spacial score (nSPS) is 12.5. The van der Waals surface area contributed by atoms with Crippen molar-refractivity contribution in [3.63, 3.8) is 0 Å². The highest BCUT2D eigenvalue weighted by Crippen LogP contribution is 2.05. The number of nitrogens with zero attached hydrogens (tertiary/aromatic N) is 1.